The Morgan fingerprint density at radius 3 is 2.67 bits per heavy atom. The maximum absolute atomic E-state index is 11.6. The van der Waals surface area contributed by atoms with E-state index in [-0.39, 0.29) is 11.9 Å². The second-order valence-electron chi connectivity index (χ2n) is 3.29. The first kappa shape index (κ1) is 13.7. The Balaban J connectivity index is 4.55. The largest absolute Gasteiger partial charge is 0.464 e. The van der Waals surface area contributed by atoms with Crippen molar-refractivity contribution in [3.05, 3.63) is 12.2 Å². The quantitative estimate of drug-likeness (QED) is 0.230. The van der Waals surface area contributed by atoms with Crippen molar-refractivity contribution in [1.29, 1.82) is 0 Å². The average molecular weight is 211 g/mol. The molecule has 0 amide bonds. The van der Waals surface area contributed by atoms with Crippen LogP contribution in [0.3, 0.4) is 0 Å². The lowest BCUT2D eigenvalue weighted by Gasteiger charge is -2.21. The summed E-state index contributed by atoms with van der Waals surface area (Å²) in [6, 6.07) is -0.522. The highest BCUT2D eigenvalue weighted by molar-refractivity contribution is 6.04. The molecule has 1 N–H and O–H groups in total. The molecule has 0 aromatic carbocycles. The molecule has 0 radical (unpaired) electrons. The predicted molar refractivity (Wildman–Crippen MR) is 60.9 cm³/mol. The molecule has 5 nitrogen and oxygen atoms in total. The maximum Gasteiger partial charge on any atom is 0.330 e. The van der Waals surface area contributed by atoms with Crippen LogP contribution in [0.2, 0.25) is 0 Å². The Bertz CT molecular complexity index is 256. The van der Waals surface area contributed by atoms with Crippen LogP contribution in [-0.4, -0.2) is 26.6 Å². The van der Waals surface area contributed by atoms with Crippen LogP contribution in [0.5, 0.6) is 0 Å². The summed E-state index contributed by atoms with van der Waals surface area (Å²) in [5.74, 6) is -0.380. The topological polar surface area (TPSA) is 63.0 Å². The number of carbonyl (C=O) groups excluding carboxylic acids is 1. The van der Waals surface area contributed by atoms with Gasteiger partial charge >= 0.3 is 5.97 Å². The van der Waals surface area contributed by atoms with E-state index in [9.17, 15) is 4.79 Å². The smallest absolute Gasteiger partial charge is 0.330 e. The van der Waals surface area contributed by atoms with Gasteiger partial charge in [0, 0.05) is 5.92 Å². The summed E-state index contributed by atoms with van der Waals surface area (Å²) in [4.78, 5) is 11.6. The van der Waals surface area contributed by atoms with Gasteiger partial charge in [-0.3, -0.25) is 5.43 Å². The number of rotatable bonds is 6. The van der Waals surface area contributed by atoms with Crippen LogP contribution >= 0.6 is 0 Å². The van der Waals surface area contributed by atoms with Gasteiger partial charge in [0.05, 0.1) is 6.61 Å². The minimum absolute atomic E-state index is 0.0467. The highest BCUT2D eigenvalue weighted by Gasteiger charge is 2.26. The van der Waals surface area contributed by atoms with Crippen LogP contribution in [0.25, 0.3) is 0 Å². The summed E-state index contributed by atoms with van der Waals surface area (Å²) < 4.78 is 4.93. The Labute approximate surface area is 91.4 Å². The molecule has 2 atom stereocenters. The fraction of sp³-hybridized carbons (Fsp3) is 0.667. The Morgan fingerprint density at radius 2 is 2.27 bits per heavy atom. The molecular formula is C9H18BN3O2. The fourth-order valence-electron chi connectivity index (χ4n) is 1.01. The van der Waals surface area contributed by atoms with Gasteiger partial charge in [-0.05, 0) is 13.8 Å². The van der Waals surface area contributed by atoms with E-state index in [1.54, 1.807) is 6.92 Å². The Hall–Kier alpha value is -1.33. The lowest BCUT2D eigenvalue weighted by molar-refractivity contribution is -0.146. The van der Waals surface area contributed by atoms with Gasteiger partial charge in [-0.15, -0.1) is 0 Å². The molecule has 0 aliphatic carbocycles. The first-order valence-corrected chi connectivity index (χ1v) is 4.91. The number of esters is 1. The third kappa shape index (κ3) is 4.62. The van der Waals surface area contributed by atoms with Gasteiger partial charge in [0.25, 0.3) is 7.98 Å². The molecule has 0 spiro atoms. The van der Waals surface area contributed by atoms with Gasteiger partial charge in [-0.1, -0.05) is 24.3 Å². The van der Waals surface area contributed by atoms with Gasteiger partial charge in [0.1, 0.15) is 6.04 Å². The van der Waals surface area contributed by atoms with Crippen molar-refractivity contribution in [3.63, 3.8) is 0 Å². The molecule has 0 rings (SSSR count). The van der Waals surface area contributed by atoms with E-state index in [0.29, 0.717) is 6.61 Å². The van der Waals surface area contributed by atoms with E-state index in [1.165, 1.54) is 7.98 Å². The summed E-state index contributed by atoms with van der Waals surface area (Å²) in [7, 11) is 1.53. The molecule has 0 aromatic rings. The monoisotopic (exact) mass is 211 g/mol. The van der Waals surface area contributed by atoms with Crippen molar-refractivity contribution in [2.45, 2.75) is 26.8 Å². The Kier molecular flexibility index (Phi) is 6.41. The van der Waals surface area contributed by atoms with Crippen LogP contribution < -0.4 is 5.43 Å². The summed E-state index contributed by atoms with van der Waals surface area (Å²) >= 11 is 0. The van der Waals surface area contributed by atoms with Crippen LogP contribution in [0, 0.1) is 5.92 Å². The van der Waals surface area contributed by atoms with Crippen molar-refractivity contribution in [2.24, 2.45) is 16.2 Å². The first-order chi connectivity index (χ1) is 7.04. The molecule has 0 saturated heterocycles. The summed E-state index contributed by atoms with van der Waals surface area (Å²) in [5, 5.41) is 7.15. The zero-order valence-corrected chi connectivity index (χ0v) is 9.78. The van der Waals surface area contributed by atoms with Crippen molar-refractivity contribution in [3.8, 4) is 0 Å². The molecule has 0 aliphatic heterocycles. The summed E-state index contributed by atoms with van der Waals surface area (Å²) in [6.45, 7) is 9.68. The van der Waals surface area contributed by atoms with Crippen LogP contribution in [0.1, 0.15) is 20.8 Å². The summed E-state index contributed by atoms with van der Waals surface area (Å²) in [5.41, 5.74) is 3.55. The normalized spacial score (nSPS) is 14.6. The van der Waals surface area contributed by atoms with Gasteiger partial charge < -0.3 is 4.74 Å². The van der Waals surface area contributed by atoms with Gasteiger partial charge in [0.2, 0.25) is 0 Å². The van der Waals surface area contributed by atoms with Crippen molar-refractivity contribution in [1.82, 2.24) is 5.43 Å². The predicted octanol–water partition coefficient (Wildman–Crippen LogP) is 0.635. The highest BCUT2D eigenvalue weighted by atomic mass is 16.5. The number of ether oxygens (including phenoxy) is 1. The molecule has 0 fully saturated rings. The molecule has 84 valence electrons. The third-order valence-electron chi connectivity index (χ3n) is 2.11. The zero-order chi connectivity index (χ0) is 11.8. The second kappa shape index (κ2) is 7.03. The molecule has 0 saturated carbocycles. The molecular weight excluding hydrogens is 193 g/mol. The van der Waals surface area contributed by atoms with Gasteiger partial charge in [0.15, 0.2) is 0 Å². The minimum Gasteiger partial charge on any atom is -0.464 e. The summed E-state index contributed by atoms with van der Waals surface area (Å²) in [6.07, 6.45) is 0. The SMILES string of the molecule is BN=NN[C@H](C(=O)OCC)[C@@H](C)C(=C)C. The van der Waals surface area contributed by atoms with Crippen molar-refractivity contribution in [2.75, 3.05) is 6.61 Å². The standard InChI is InChI=1S/C9H18BN3O2/c1-5-15-9(14)8(11-13-12-10)7(4)6(2)3/h7-8H,2,5,10H2,1,3-4H3,(H,11,12)/t7-,8-/m0/s1. The van der Waals surface area contributed by atoms with Gasteiger partial charge in [-0.25, -0.2) is 9.82 Å². The number of nitrogens with zero attached hydrogens (tertiary/aromatic N) is 2. The Morgan fingerprint density at radius 1 is 1.67 bits per heavy atom. The van der Waals surface area contributed by atoms with Crippen molar-refractivity contribution < 1.29 is 9.53 Å². The lowest BCUT2D eigenvalue weighted by atomic mass is 9.96. The molecule has 0 aromatic heterocycles. The van der Waals surface area contributed by atoms with E-state index in [0.717, 1.165) is 5.57 Å². The van der Waals surface area contributed by atoms with Crippen molar-refractivity contribution >= 4 is 14.0 Å². The molecule has 0 aliphatic rings. The van der Waals surface area contributed by atoms with Crippen LogP contribution in [-0.2, 0) is 9.53 Å². The number of carbonyl (C=O) groups is 1. The third-order valence-corrected chi connectivity index (χ3v) is 2.11. The van der Waals surface area contributed by atoms with E-state index in [2.05, 4.69) is 22.3 Å². The van der Waals surface area contributed by atoms with E-state index >= 15 is 0 Å². The fourth-order valence-corrected chi connectivity index (χ4v) is 1.01. The number of hydrogen-bond acceptors (Lipinski definition) is 4. The van der Waals surface area contributed by atoms with E-state index in [4.69, 9.17) is 4.74 Å². The average Bonchev–Trinajstić information content (AvgIpc) is 2.18. The van der Waals surface area contributed by atoms with Crippen LogP contribution in [0.4, 0.5) is 0 Å². The second-order valence-corrected chi connectivity index (χ2v) is 3.29. The lowest BCUT2D eigenvalue weighted by Crippen LogP contribution is -2.40. The number of hydrogen-bond donors (Lipinski definition) is 1. The molecule has 0 bridgehead atoms. The van der Waals surface area contributed by atoms with Crippen LogP contribution in [0.15, 0.2) is 22.4 Å². The molecule has 6 heteroatoms. The van der Waals surface area contributed by atoms with E-state index in [1.807, 2.05) is 13.8 Å². The first-order valence-electron chi connectivity index (χ1n) is 4.91. The highest BCUT2D eigenvalue weighted by Crippen LogP contribution is 2.13. The van der Waals surface area contributed by atoms with Gasteiger partial charge in [-0.2, -0.15) is 0 Å². The molecule has 15 heavy (non-hydrogen) atoms. The minimum atomic E-state index is -0.522. The number of nitrogens with one attached hydrogen (secondary N) is 1. The zero-order valence-electron chi connectivity index (χ0n) is 9.78. The molecule has 0 unspecified atom stereocenters. The van der Waals surface area contributed by atoms with E-state index < -0.39 is 6.04 Å². The maximum atomic E-state index is 11.6. The molecule has 0 heterocycles.